The fourth-order valence-electron chi connectivity index (χ4n) is 2.77. The van der Waals surface area contributed by atoms with Crippen molar-refractivity contribution in [1.82, 2.24) is 4.31 Å². The normalized spacial score (nSPS) is 13.8. The van der Waals surface area contributed by atoms with Crippen molar-refractivity contribution < 1.29 is 17.9 Å². The first-order valence-corrected chi connectivity index (χ1v) is 9.18. The molecule has 3 rings (SSSR count). The second kappa shape index (κ2) is 6.37. The van der Waals surface area contributed by atoms with E-state index < -0.39 is 16.0 Å². The van der Waals surface area contributed by atoms with Crippen LogP contribution in [0.4, 0.5) is 0 Å². The van der Waals surface area contributed by atoms with E-state index in [0.717, 1.165) is 23.6 Å². The third-order valence-corrected chi connectivity index (χ3v) is 5.94. The van der Waals surface area contributed by atoms with Gasteiger partial charge in [-0.1, -0.05) is 12.1 Å². The fraction of sp³-hybridized carbons (Fsp3) is 0.278. The molecule has 6 heteroatoms. The largest absolute Gasteiger partial charge is 0.423 e. The highest BCUT2D eigenvalue weighted by molar-refractivity contribution is 7.89. The lowest BCUT2D eigenvalue weighted by atomic mass is 10.1. The highest BCUT2D eigenvalue weighted by Crippen LogP contribution is 2.26. The van der Waals surface area contributed by atoms with Gasteiger partial charge in [-0.05, 0) is 60.7 Å². The summed E-state index contributed by atoms with van der Waals surface area (Å²) in [6, 6.07) is 11.5. The number of benzene rings is 2. The summed E-state index contributed by atoms with van der Waals surface area (Å²) in [5, 5.41) is 0. The van der Waals surface area contributed by atoms with Gasteiger partial charge in [0, 0.05) is 14.1 Å². The number of hydrogen-bond acceptors (Lipinski definition) is 4. The van der Waals surface area contributed by atoms with E-state index in [1.165, 1.54) is 43.4 Å². The molecular formula is C18H19NO4S. The van der Waals surface area contributed by atoms with Gasteiger partial charge in [0.2, 0.25) is 10.0 Å². The Morgan fingerprint density at radius 2 is 1.79 bits per heavy atom. The lowest BCUT2D eigenvalue weighted by Gasteiger charge is -2.12. The molecule has 0 heterocycles. The Hall–Kier alpha value is -2.18. The Labute approximate surface area is 141 Å². The fourth-order valence-corrected chi connectivity index (χ4v) is 3.72. The summed E-state index contributed by atoms with van der Waals surface area (Å²) in [6.45, 7) is 0. The van der Waals surface area contributed by atoms with E-state index in [1.807, 2.05) is 12.1 Å². The lowest BCUT2D eigenvalue weighted by Crippen LogP contribution is -2.22. The van der Waals surface area contributed by atoms with Gasteiger partial charge >= 0.3 is 5.97 Å². The lowest BCUT2D eigenvalue weighted by molar-refractivity contribution is 0.0734. The van der Waals surface area contributed by atoms with Crippen molar-refractivity contribution in [2.45, 2.75) is 24.2 Å². The Morgan fingerprint density at radius 3 is 2.54 bits per heavy atom. The van der Waals surface area contributed by atoms with Gasteiger partial charge in [-0.3, -0.25) is 0 Å². The van der Waals surface area contributed by atoms with E-state index >= 15 is 0 Å². The SMILES string of the molecule is CN(C)S(=O)(=O)c1cccc(C(=O)Oc2ccc3c(c2)CCC3)c1. The van der Waals surface area contributed by atoms with Gasteiger partial charge in [-0.2, -0.15) is 0 Å². The zero-order chi connectivity index (χ0) is 17.3. The van der Waals surface area contributed by atoms with Gasteiger partial charge in [0.1, 0.15) is 5.75 Å². The average Bonchev–Trinajstić information content (AvgIpc) is 3.02. The maximum Gasteiger partial charge on any atom is 0.343 e. The van der Waals surface area contributed by atoms with Crippen LogP contribution >= 0.6 is 0 Å². The van der Waals surface area contributed by atoms with E-state index in [9.17, 15) is 13.2 Å². The van der Waals surface area contributed by atoms with Crippen LogP contribution in [-0.2, 0) is 22.9 Å². The van der Waals surface area contributed by atoms with Crippen LogP contribution in [-0.4, -0.2) is 32.8 Å². The van der Waals surface area contributed by atoms with Crippen LogP contribution in [0, 0.1) is 0 Å². The van der Waals surface area contributed by atoms with E-state index in [-0.39, 0.29) is 10.5 Å². The summed E-state index contributed by atoms with van der Waals surface area (Å²) >= 11 is 0. The van der Waals surface area contributed by atoms with Crippen LogP contribution in [0.2, 0.25) is 0 Å². The average molecular weight is 345 g/mol. The molecule has 2 aromatic carbocycles. The quantitative estimate of drug-likeness (QED) is 0.631. The maximum absolute atomic E-state index is 12.3. The Kier molecular flexibility index (Phi) is 4.43. The number of carbonyl (C=O) groups is 1. The molecule has 5 nitrogen and oxygen atoms in total. The standard InChI is InChI=1S/C18H19NO4S/c1-19(2)24(21,22)17-8-4-7-15(12-17)18(20)23-16-10-9-13-5-3-6-14(13)11-16/h4,7-12H,3,5-6H2,1-2H3. The van der Waals surface area contributed by atoms with Gasteiger partial charge < -0.3 is 4.74 Å². The van der Waals surface area contributed by atoms with Crippen molar-refractivity contribution in [2.75, 3.05) is 14.1 Å². The third-order valence-electron chi connectivity index (χ3n) is 4.13. The zero-order valence-electron chi connectivity index (χ0n) is 13.7. The summed E-state index contributed by atoms with van der Waals surface area (Å²) in [4.78, 5) is 12.4. The molecule has 1 aliphatic carbocycles. The minimum absolute atomic E-state index is 0.0657. The van der Waals surface area contributed by atoms with Gasteiger partial charge in [-0.15, -0.1) is 0 Å². The highest BCUT2D eigenvalue weighted by Gasteiger charge is 2.20. The molecule has 0 amide bonds. The summed E-state index contributed by atoms with van der Waals surface area (Å²) in [7, 11) is -0.690. The molecule has 0 fully saturated rings. The molecule has 0 bridgehead atoms. The highest BCUT2D eigenvalue weighted by atomic mass is 32.2. The number of nitrogens with zero attached hydrogens (tertiary/aromatic N) is 1. The van der Waals surface area contributed by atoms with Gasteiger partial charge in [0.25, 0.3) is 0 Å². The van der Waals surface area contributed by atoms with E-state index in [1.54, 1.807) is 12.1 Å². The predicted molar refractivity (Wildman–Crippen MR) is 90.7 cm³/mol. The molecule has 0 saturated heterocycles. The van der Waals surface area contributed by atoms with Crippen LogP contribution in [0.3, 0.4) is 0 Å². The van der Waals surface area contributed by atoms with E-state index in [4.69, 9.17) is 4.74 Å². The zero-order valence-corrected chi connectivity index (χ0v) is 14.5. The molecule has 0 unspecified atom stereocenters. The monoisotopic (exact) mass is 345 g/mol. The molecule has 0 N–H and O–H groups in total. The first kappa shape index (κ1) is 16.7. The molecule has 24 heavy (non-hydrogen) atoms. The van der Waals surface area contributed by atoms with Gasteiger partial charge in [0.15, 0.2) is 0 Å². The number of fused-ring (bicyclic) bond motifs is 1. The minimum Gasteiger partial charge on any atom is -0.423 e. The second-order valence-electron chi connectivity index (χ2n) is 5.99. The number of ether oxygens (including phenoxy) is 1. The van der Waals surface area contributed by atoms with Crippen LogP contribution in [0.1, 0.15) is 27.9 Å². The van der Waals surface area contributed by atoms with Crippen molar-refractivity contribution in [1.29, 1.82) is 0 Å². The summed E-state index contributed by atoms with van der Waals surface area (Å²) in [5.74, 6) is -0.0785. The minimum atomic E-state index is -3.59. The number of carbonyl (C=O) groups excluding carboxylic acids is 1. The third kappa shape index (κ3) is 3.20. The van der Waals surface area contributed by atoms with Crippen molar-refractivity contribution in [3.63, 3.8) is 0 Å². The topological polar surface area (TPSA) is 63.7 Å². The number of sulfonamides is 1. The smallest absolute Gasteiger partial charge is 0.343 e. The van der Waals surface area contributed by atoms with Gasteiger partial charge in [-0.25, -0.2) is 17.5 Å². The predicted octanol–water partition coefficient (Wildman–Crippen LogP) is 2.64. The number of hydrogen-bond donors (Lipinski definition) is 0. The van der Waals surface area contributed by atoms with Crippen molar-refractivity contribution in [3.8, 4) is 5.75 Å². The molecule has 0 atom stereocenters. The Balaban J connectivity index is 1.83. The number of aryl methyl sites for hydroxylation is 2. The molecule has 126 valence electrons. The van der Waals surface area contributed by atoms with Crippen LogP contribution in [0.25, 0.3) is 0 Å². The van der Waals surface area contributed by atoms with Crippen molar-refractivity contribution >= 4 is 16.0 Å². The molecular weight excluding hydrogens is 326 g/mol. The molecule has 0 aliphatic heterocycles. The Morgan fingerprint density at radius 1 is 1.04 bits per heavy atom. The summed E-state index contributed by atoms with van der Waals surface area (Å²) in [6.07, 6.45) is 3.18. The van der Waals surface area contributed by atoms with Crippen LogP contribution in [0.5, 0.6) is 5.75 Å². The first-order chi connectivity index (χ1) is 11.4. The van der Waals surface area contributed by atoms with Crippen molar-refractivity contribution in [2.24, 2.45) is 0 Å². The summed E-state index contributed by atoms with van der Waals surface area (Å²) < 4.78 is 30.8. The second-order valence-corrected chi connectivity index (χ2v) is 8.14. The summed E-state index contributed by atoms with van der Waals surface area (Å²) in [5.41, 5.74) is 2.72. The molecule has 0 saturated carbocycles. The Bertz CT molecular complexity index is 888. The van der Waals surface area contributed by atoms with Crippen LogP contribution in [0.15, 0.2) is 47.4 Å². The van der Waals surface area contributed by atoms with Gasteiger partial charge in [0.05, 0.1) is 10.5 Å². The van der Waals surface area contributed by atoms with E-state index in [2.05, 4.69) is 0 Å². The van der Waals surface area contributed by atoms with E-state index in [0.29, 0.717) is 5.75 Å². The number of rotatable bonds is 4. The molecule has 1 aliphatic rings. The molecule has 0 aromatic heterocycles. The molecule has 0 radical (unpaired) electrons. The molecule has 2 aromatic rings. The number of esters is 1. The maximum atomic E-state index is 12.3. The molecule has 0 spiro atoms. The van der Waals surface area contributed by atoms with Crippen molar-refractivity contribution in [3.05, 3.63) is 59.2 Å². The van der Waals surface area contributed by atoms with Crippen LogP contribution < -0.4 is 4.74 Å². The first-order valence-electron chi connectivity index (χ1n) is 7.74.